The lowest BCUT2D eigenvalue weighted by atomic mass is 9.90. The summed E-state index contributed by atoms with van der Waals surface area (Å²) in [6.45, 7) is 5.09. The van der Waals surface area contributed by atoms with E-state index in [0.717, 1.165) is 45.4 Å². The zero-order valence-electron chi connectivity index (χ0n) is 13.8. The summed E-state index contributed by atoms with van der Waals surface area (Å²) in [5.74, 6) is 0.227. The molecular weight excluding hydrogens is 296 g/mol. The smallest absolute Gasteiger partial charge is 0.255 e. The standard InChI is InChI=1S/C17H28N2O4/c20-15-16(21,4-1-7-19(15)12-14-2-3-14)13-18-8-5-17(6-9-18)22-10-11-23-17/h14,21H,1-13H2/t16-/m0/s1. The molecule has 1 amide bonds. The zero-order chi connectivity index (χ0) is 15.9. The van der Waals surface area contributed by atoms with Crippen molar-refractivity contribution in [1.82, 2.24) is 9.80 Å². The number of carbonyl (C=O) groups excluding carboxylic acids is 1. The highest BCUT2D eigenvalue weighted by atomic mass is 16.7. The Hall–Kier alpha value is -0.690. The minimum Gasteiger partial charge on any atom is -0.379 e. The summed E-state index contributed by atoms with van der Waals surface area (Å²) >= 11 is 0. The number of nitrogens with zero attached hydrogens (tertiary/aromatic N) is 2. The lowest BCUT2D eigenvalue weighted by Crippen LogP contribution is -2.60. The minimum atomic E-state index is -1.20. The molecule has 3 heterocycles. The van der Waals surface area contributed by atoms with Crippen molar-refractivity contribution in [3.63, 3.8) is 0 Å². The first-order valence-corrected chi connectivity index (χ1v) is 9.11. The topological polar surface area (TPSA) is 62.2 Å². The maximum Gasteiger partial charge on any atom is 0.255 e. The van der Waals surface area contributed by atoms with Crippen LogP contribution in [0.25, 0.3) is 0 Å². The highest BCUT2D eigenvalue weighted by Crippen LogP contribution is 2.35. The zero-order valence-corrected chi connectivity index (χ0v) is 13.8. The number of β-amino-alcohol motifs (C(OH)–C–C–N with tert-alkyl or cyclic N) is 1. The summed E-state index contributed by atoms with van der Waals surface area (Å²) in [5.41, 5.74) is -1.20. The molecule has 1 spiro atoms. The number of rotatable bonds is 4. The highest BCUT2D eigenvalue weighted by molar-refractivity contribution is 5.86. The second-order valence-electron chi connectivity index (χ2n) is 7.71. The molecule has 23 heavy (non-hydrogen) atoms. The molecule has 0 bridgehead atoms. The SMILES string of the molecule is O=C1N(CC2CC2)CCC[C@]1(O)CN1CCC2(CC1)OCCO2. The van der Waals surface area contributed by atoms with Crippen LogP contribution in [-0.4, -0.2) is 78.1 Å². The van der Waals surface area contributed by atoms with Crippen LogP contribution in [0.1, 0.15) is 38.5 Å². The summed E-state index contributed by atoms with van der Waals surface area (Å²) in [6, 6.07) is 0. The van der Waals surface area contributed by atoms with Gasteiger partial charge in [-0.15, -0.1) is 0 Å². The molecule has 0 radical (unpaired) electrons. The Kier molecular flexibility index (Phi) is 4.12. The molecule has 0 aromatic rings. The number of aliphatic hydroxyl groups is 1. The van der Waals surface area contributed by atoms with E-state index in [2.05, 4.69) is 4.90 Å². The third kappa shape index (κ3) is 3.27. The number of carbonyl (C=O) groups is 1. The van der Waals surface area contributed by atoms with E-state index in [1.807, 2.05) is 4.90 Å². The normalized spacial score (nSPS) is 35.2. The quantitative estimate of drug-likeness (QED) is 0.820. The lowest BCUT2D eigenvalue weighted by Gasteiger charge is -2.43. The van der Waals surface area contributed by atoms with Crippen molar-refractivity contribution in [3.05, 3.63) is 0 Å². The molecule has 1 N–H and O–H groups in total. The summed E-state index contributed by atoms with van der Waals surface area (Å²) < 4.78 is 11.5. The number of hydrogen-bond acceptors (Lipinski definition) is 5. The van der Waals surface area contributed by atoms with Gasteiger partial charge in [0.1, 0.15) is 0 Å². The predicted molar refractivity (Wildman–Crippen MR) is 83.8 cm³/mol. The Morgan fingerprint density at radius 3 is 2.43 bits per heavy atom. The van der Waals surface area contributed by atoms with Crippen molar-refractivity contribution in [2.45, 2.75) is 49.9 Å². The van der Waals surface area contributed by atoms with Gasteiger partial charge in [0, 0.05) is 45.6 Å². The van der Waals surface area contributed by atoms with E-state index in [1.54, 1.807) is 0 Å². The van der Waals surface area contributed by atoms with E-state index in [4.69, 9.17) is 9.47 Å². The molecule has 1 aliphatic carbocycles. The Balaban J connectivity index is 1.34. The van der Waals surface area contributed by atoms with Gasteiger partial charge in [-0.25, -0.2) is 0 Å². The average Bonchev–Trinajstić information content (AvgIpc) is 3.25. The van der Waals surface area contributed by atoms with Crippen LogP contribution < -0.4 is 0 Å². The second-order valence-corrected chi connectivity index (χ2v) is 7.71. The van der Waals surface area contributed by atoms with Crippen LogP contribution in [-0.2, 0) is 14.3 Å². The van der Waals surface area contributed by atoms with Crippen molar-refractivity contribution >= 4 is 5.91 Å². The molecule has 0 aromatic carbocycles. The molecule has 3 saturated heterocycles. The number of piperidine rings is 2. The molecule has 6 nitrogen and oxygen atoms in total. The highest BCUT2D eigenvalue weighted by Gasteiger charge is 2.46. The van der Waals surface area contributed by atoms with Crippen LogP contribution in [0, 0.1) is 5.92 Å². The molecule has 0 aromatic heterocycles. The third-order valence-corrected chi connectivity index (χ3v) is 5.80. The molecule has 1 atom stereocenters. The molecule has 1 saturated carbocycles. The minimum absolute atomic E-state index is 0.0516. The van der Waals surface area contributed by atoms with Crippen LogP contribution in [0.15, 0.2) is 0 Å². The van der Waals surface area contributed by atoms with Gasteiger partial charge in [-0.2, -0.15) is 0 Å². The van der Waals surface area contributed by atoms with Crippen molar-refractivity contribution in [2.75, 3.05) is 45.9 Å². The van der Waals surface area contributed by atoms with Crippen molar-refractivity contribution in [2.24, 2.45) is 5.92 Å². The first-order chi connectivity index (χ1) is 11.1. The molecule has 4 fully saturated rings. The van der Waals surface area contributed by atoms with Crippen molar-refractivity contribution in [3.8, 4) is 0 Å². The van der Waals surface area contributed by atoms with E-state index in [0.29, 0.717) is 32.1 Å². The van der Waals surface area contributed by atoms with Gasteiger partial charge in [-0.05, 0) is 31.6 Å². The number of amides is 1. The van der Waals surface area contributed by atoms with Gasteiger partial charge in [0.05, 0.1) is 13.2 Å². The lowest BCUT2D eigenvalue weighted by molar-refractivity contribution is -0.190. The molecule has 4 rings (SSSR count). The number of hydrogen-bond donors (Lipinski definition) is 1. The maximum atomic E-state index is 12.7. The molecule has 130 valence electrons. The maximum absolute atomic E-state index is 12.7. The van der Waals surface area contributed by atoms with E-state index in [9.17, 15) is 9.90 Å². The van der Waals surface area contributed by atoms with E-state index >= 15 is 0 Å². The summed E-state index contributed by atoms with van der Waals surface area (Å²) in [4.78, 5) is 16.8. The van der Waals surface area contributed by atoms with Gasteiger partial charge < -0.3 is 19.5 Å². The molecule has 6 heteroatoms. The van der Waals surface area contributed by atoms with Crippen LogP contribution in [0.4, 0.5) is 0 Å². The fourth-order valence-corrected chi connectivity index (χ4v) is 4.21. The largest absolute Gasteiger partial charge is 0.379 e. The van der Waals surface area contributed by atoms with Gasteiger partial charge in [0.15, 0.2) is 11.4 Å². The summed E-state index contributed by atoms with van der Waals surface area (Å²) in [7, 11) is 0. The summed E-state index contributed by atoms with van der Waals surface area (Å²) in [5, 5.41) is 11.0. The molecule has 0 unspecified atom stereocenters. The Morgan fingerprint density at radius 1 is 1.09 bits per heavy atom. The number of ether oxygens (including phenoxy) is 2. The average molecular weight is 324 g/mol. The fourth-order valence-electron chi connectivity index (χ4n) is 4.21. The molecule has 4 aliphatic rings. The van der Waals surface area contributed by atoms with E-state index < -0.39 is 11.4 Å². The van der Waals surface area contributed by atoms with Crippen LogP contribution in [0.3, 0.4) is 0 Å². The van der Waals surface area contributed by atoms with Crippen molar-refractivity contribution < 1.29 is 19.4 Å². The van der Waals surface area contributed by atoms with Crippen LogP contribution >= 0.6 is 0 Å². The van der Waals surface area contributed by atoms with Gasteiger partial charge in [0.2, 0.25) is 0 Å². The van der Waals surface area contributed by atoms with Crippen LogP contribution in [0.2, 0.25) is 0 Å². The Labute approximate surface area is 137 Å². The monoisotopic (exact) mass is 324 g/mol. The first kappa shape index (κ1) is 15.8. The Morgan fingerprint density at radius 2 is 1.78 bits per heavy atom. The molecular formula is C17H28N2O4. The fraction of sp³-hybridized carbons (Fsp3) is 0.941. The number of likely N-dealkylation sites (tertiary alicyclic amines) is 2. The van der Waals surface area contributed by atoms with Gasteiger partial charge in [0.25, 0.3) is 5.91 Å². The Bertz CT molecular complexity index is 452. The summed E-state index contributed by atoms with van der Waals surface area (Å²) in [6.07, 6.45) is 5.60. The van der Waals surface area contributed by atoms with Crippen LogP contribution in [0.5, 0.6) is 0 Å². The third-order valence-electron chi connectivity index (χ3n) is 5.80. The predicted octanol–water partition coefficient (Wildman–Crippen LogP) is 0.589. The molecule has 3 aliphatic heterocycles. The van der Waals surface area contributed by atoms with Gasteiger partial charge >= 0.3 is 0 Å². The van der Waals surface area contributed by atoms with Gasteiger partial charge in [-0.1, -0.05) is 0 Å². The van der Waals surface area contributed by atoms with Crippen molar-refractivity contribution in [1.29, 1.82) is 0 Å². The second kappa shape index (κ2) is 5.99. The van der Waals surface area contributed by atoms with Gasteiger partial charge in [-0.3, -0.25) is 9.69 Å². The van der Waals surface area contributed by atoms with E-state index in [-0.39, 0.29) is 5.91 Å². The van der Waals surface area contributed by atoms with E-state index in [1.165, 1.54) is 12.8 Å². The first-order valence-electron chi connectivity index (χ1n) is 9.11.